The van der Waals surface area contributed by atoms with Crippen LogP contribution in [0.25, 0.3) is 5.69 Å². The van der Waals surface area contributed by atoms with E-state index in [9.17, 15) is 4.79 Å². The molecule has 2 rings (SSSR count). The molecule has 0 radical (unpaired) electrons. The van der Waals surface area contributed by atoms with E-state index in [-0.39, 0.29) is 6.42 Å². The van der Waals surface area contributed by atoms with Crippen LogP contribution in [-0.4, -0.2) is 20.9 Å². The fraction of sp³-hybridized carbons (Fsp3) is 0.286. The third kappa shape index (κ3) is 2.42. The molecule has 0 aliphatic carbocycles. The molecule has 0 saturated heterocycles. The zero-order valence-electron chi connectivity index (χ0n) is 10.8. The van der Waals surface area contributed by atoms with Gasteiger partial charge in [-0.15, -0.1) is 0 Å². The molecule has 1 heterocycles. The Morgan fingerprint density at radius 3 is 2.72 bits per heavy atom. The first-order valence-corrected chi connectivity index (χ1v) is 5.82. The second-order valence-corrected chi connectivity index (χ2v) is 4.54. The highest BCUT2D eigenvalue weighted by Gasteiger charge is 2.11. The van der Waals surface area contributed by atoms with Crippen LogP contribution in [0.1, 0.15) is 22.4 Å². The van der Waals surface area contributed by atoms with Gasteiger partial charge >= 0.3 is 5.97 Å². The Morgan fingerprint density at radius 2 is 2.06 bits per heavy atom. The number of carboxylic acids is 1. The van der Waals surface area contributed by atoms with Crippen molar-refractivity contribution < 1.29 is 9.90 Å². The van der Waals surface area contributed by atoms with Crippen LogP contribution in [0.2, 0.25) is 0 Å². The van der Waals surface area contributed by atoms with Gasteiger partial charge in [-0.2, -0.15) is 5.10 Å². The van der Waals surface area contributed by atoms with Crippen molar-refractivity contribution in [3.63, 3.8) is 0 Å². The lowest BCUT2D eigenvalue weighted by atomic mass is 10.1. The van der Waals surface area contributed by atoms with Crippen molar-refractivity contribution in [3.8, 4) is 5.69 Å². The van der Waals surface area contributed by atoms with Crippen LogP contribution in [0.15, 0.2) is 24.4 Å². The smallest absolute Gasteiger partial charge is 0.307 e. The fourth-order valence-electron chi connectivity index (χ4n) is 1.92. The molecule has 4 nitrogen and oxygen atoms in total. The summed E-state index contributed by atoms with van der Waals surface area (Å²) in [4.78, 5) is 10.8. The normalized spacial score (nSPS) is 10.6. The van der Waals surface area contributed by atoms with Gasteiger partial charge in [0.2, 0.25) is 0 Å². The van der Waals surface area contributed by atoms with E-state index >= 15 is 0 Å². The van der Waals surface area contributed by atoms with Crippen LogP contribution in [0, 0.1) is 20.8 Å². The zero-order valence-corrected chi connectivity index (χ0v) is 10.8. The van der Waals surface area contributed by atoms with E-state index in [1.807, 2.05) is 39.0 Å². The van der Waals surface area contributed by atoms with E-state index in [4.69, 9.17) is 5.11 Å². The molecule has 18 heavy (non-hydrogen) atoms. The third-order valence-electron chi connectivity index (χ3n) is 2.95. The van der Waals surface area contributed by atoms with Gasteiger partial charge in [0, 0.05) is 11.8 Å². The summed E-state index contributed by atoms with van der Waals surface area (Å²) in [5.41, 5.74) is 4.78. The van der Waals surface area contributed by atoms with Gasteiger partial charge in [-0.1, -0.05) is 12.1 Å². The summed E-state index contributed by atoms with van der Waals surface area (Å²) in [5.74, 6) is -0.835. The zero-order chi connectivity index (χ0) is 13.3. The maximum Gasteiger partial charge on any atom is 0.307 e. The predicted octanol–water partition coefficient (Wildman–Crippen LogP) is 2.42. The highest BCUT2D eigenvalue weighted by Crippen LogP contribution is 2.17. The fourth-order valence-corrected chi connectivity index (χ4v) is 1.92. The van der Waals surface area contributed by atoms with Gasteiger partial charge in [-0.3, -0.25) is 4.79 Å². The summed E-state index contributed by atoms with van der Waals surface area (Å²) in [5, 5.41) is 13.2. The van der Waals surface area contributed by atoms with Crippen molar-refractivity contribution in [1.82, 2.24) is 9.78 Å². The van der Waals surface area contributed by atoms with Gasteiger partial charge < -0.3 is 5.11 Å². The average molecular weight is 244 g/mol. The summed E-state index contributed by atoms with van der Waals surface area (Å²) < 4.78 is 1.76. The van der Waals surface area contributed by atoms with E-state index in [0.717, 1.165) is 28.1 Å². The number of aryl methyl sites for hydroxylation is 3. The molecule has 0 saturated carbocycles. The predicted molar refractivity (Wildman–Crippen MR) is 69.1 cm³/mol. The molecule has 1 aromatic heterocycles. The van der Waals surface area contributed by atoms with Crippen molar-refractivity contribution in [2.75, 3.05) is 0 Å². The molecule has 0 bridgehead atoms. The molecule has 0 aliphatic heterocycles. The molecule has 4 heteroatoms. The molecular formula is C14H16N2O2. The third-order valence-corrected chi connectivity index (χ3v) is 2.95. The molecular weight excluding hydrogens is 228 g/mol. The van der Waals surface area contributed by atoms with Crippen molar-refractivity contribution >= 4 is 5.97 Å². The highest BCUT2D eigenvalue weighted by molar-refractivity contribution is 5.70. The molecule has 1 aromatic carbocycles. The minimum Gasteiger partial charge on any atom is -0.481 e. The Bertz CT molecular complexity index is 600. The van der Waals surface area contributed by atoms with Gasteiger partial charge in [0.25, 0.3) is 0 Å². The van der Waals surface area contributed by atoms with Crippen LogP contribution in [0.5, 0.6) is 0 Å². The van der Waals surface area contributed by atoms with Gasteiger partial charge in [-0.05, 0) is 38.0 Å². The first-order chi connectivity index (χ1) is 8.47. The summed E-state index contributed by atoms with van der Waals surface area (Å²) in [7, 11) is 0. The molecule has 94 valence electrons. The molecule has 0 spiro atoms. The number of hydrogen-bond acceptors (Lipinski definition) is 2. The van der Waals surface area contributed by atoms with E-state index in [0.29, 0.717) is 0 Å². The van der Waals surface area contributed by atoms with Crippen molar-refractivity contribution in [2.45, 2.75) is 27.2 Å². The van der Waals surface area contributed by atoms with Crippen LogP contribution >= 0.6 is 0 Å². The summed E-state index contributed by atoms with van der Waals surface area (Å²) >= 11 is 0. The van der Waals surface area contributed by atoms with Crippen molar-refractivity contribution in [2.24, 2.45) is 0 Å². The monoisotopic (exact) mass is 244 g/mol. The summed E-state index contributed by atoms with van der Waals surface area (Å²) in [6.07, 6.45) is 1.81. The second-order valence-electron chi connectivity index (χ2n) is 4.54. The quantitative estimate of drug-likeness (QED) is 0.902. The van der Waals surface area contributed by atoms with E-state index < -0.39 is 5.97 Å². The number of hydrogen-bond donors (Lipinski definition) is 1. The highest BCUT2D eigenvalue weighted by atomic mass is 16.4. The number of aliphatic carboxylic acids is 1. The molecule has 1 N–H and O–H groups in total. The van der Waals surface area contributed by atoms with Crippen molar-refractivity contribution in [3.05, 3.63) is 46.8 Å². The van der Waals surface area contributed by atoms with Crippen LogP contribution in [0.3, 0.4) is 0 Å². The van der Waals surface area contributed by atoms with Crippen LogP contribution < -0.4 is 0 Å². The van der Waals surface area contributed by atoms with Crippen LogP contribution in [0.4, 0.5) is 0 Å². The van der Waals surface area contributed by atoms with E-state index in [2.05, 4.69) is 5.10 Å². The Balaban J connectivity index is 2.45. The number of benzene rings is 1. The largest absolute Gasteiger partial charge is 0.481 e. The standard InChI is InChI=1S/C14H16N2O2/c1-9-4-5-10(2)13(6-9)16-8-12(7-14(17)18)11(3)15-16/h4-6,8H,7H2,1-3H3,(H,17,18). The molecule has 0 amide bonds. The SMILES string of the molecule is Cc1ccc(C)c(-n2cc(CC(=O)O)c(C)n2)c1. The number of carboxylic acid groups (broad SMARTS) is 1. The van der Waals surface area contributed by atoms with Crippen molar-refractivity contribution in [1.29, 1.82) is 0 Å². The first kappa shape index (κ1) is 12.4. The van der Waals surface area contributed by atoms with Crippen LogP contribution in [-0.2, 0) is 11.2 Å². The topological polar surface area (TPSA) is 55.1 Å². The minimum absolute atomic E-state index is 0.0106. The lowest BCUT2D eigenvalue weighted by Gasteiger charge is -2.06. The molecule has 0 fully saturated rings. The second kappa shape index (κ2) is 4.64. The maximum absolute atomic E-state index is 10.8. The number of carbonyl (C=O) groups is 1. The number of rotatable bonds is 3. The summed E-state index contributed by atoms with van der Waals surface area (Å²) in [6.45, 7) is 5.88. The Kier molecular flexibility index (Phi) is 3.19. The van der Waals surface area contributed by atoms with Gasteiger partial charge in [0.15, 0.2) is 0 Å². The lowest BCUT2D eigenvalue weighted by molar-refractivity contribution is -0.136. The van der Waals surface area contributed by atoms with Gasteiger partial charge in [0.05, 0.1) is 17.8 Å². The Hall–Kier alpha value is -2.10. The maximum atomic E-state index is 10.8. The van der Waals surface area contributed by atoms with Gasteiger partial charge in [-0.25, -0.2) is 4.68 Å². The Morgan fingerprint density at radius 1 is 1.33 bits per heavy atom. The average Bonchev–Trinajstić information content (AvgIpc) is 2.63. The molecule has 2 aromatic rings. The van der Waals surface area contributed by atoms with Gasteiger partial charge in [0.1, 0.15) is 0 Å². The van der Waals surface area contributed by atoms with E-state index in [1.54, 1.807) is 10.9 Å². The number of nitrogens with zero attached hydrogens (tertiary/aromatic N) is 2. The Labute approximate surface area is 106 Å². The molecule has 0 atom stereocenters. The molecule has 0 aliphatic rings. The van der Waals surface area contributed by atoms with E-state index in [1.165, 1.54) is 0 Å². The lowest BCUT2D eigenvalue weighted by Crippen LogP contribution is -2.00. The minimum atomic E-state index is -0.835. The summed E-state index contributed by atoms with van der Waals surface area (Å²) in [6, 6.07) is 6.14. The molecule has 0 unspecified atom stereocenters. The first-order valence-electron chi connectivity index (χ1n) is 5.82. The number of aromatic nitrogens is 2.